The van der Waals surface area contributed by atoms with E-state index in [4.69, 9.17) is 5.73 Å². The predicted octanol–water partition coefficient (Wildman–Crippen LogP) is 1.65. The van der Waals surface area contributed by atoms with Gasteiger partial charge in [-0.3, -0.25) is 14.2 Å². The lowest BCUT2D eigenvalue weighted by molar-refractivity contribution is -0.121. The van der Waals surface area contributed by atoms with Crippen LogP contribution >= 0.6 is 22.7 Å². The molecule has 0 fully saturated rings. The van der Waals surface area contributed by atoms with Crippen LogP contribution in [0.4, 0.5) is 0 Å². The van der Waals surface area contributed by atoms with Crippen molar-refractivity contribution in [2.24, 2.45) is 5.73 Å². The fourth-order valence-corrected chi connectivity index (χ4v) is 3.95. The molecular formula is C15H16N4O2S2. The molecular weight excluding hydrogens is 332 g/mol. The zero-order valence-electron chi connectivity index (χ0n) is 12.3. The summed E-state index contributed by atoms with van der Waals surface area (Å²) in [5.74, 6) is -0.213. The second-order valence-corrected chi connectivity index (χ2v) is 6.78. The molecule has 0 spiro atoms. The van der Waals surface area contributed by atoms with Gasteiger partial charge in [-0.1, -0.05) is 6.07 Å². The monoisotopic (exact) mass is 348 g/mol. The number of carbonyl (C=O) groups is 1. The van der Waals surface area contributed by atoms with Crippen LogP contribution in [0.3, 0.4) is 0 Å². The van der Waals surface area contributed by atoms with Crippen molar-refractivity contribution >= 4 is 38.8 Å². The number of aromatic nitrogens is 2. The van der Waals surface area contributed by atoms with Crippen LogP contribution < -0.4 is 16.6 Å². The molecule has 0 radical (unpaired) electrons. The SMILES string of the molecule is NCCCNC(=O)Cn1cnc2scc(-c3cccs3)c2c1=O. The highest BCUT2D eigenvalue weighted by molar-refractivity contribution is 7.18. The lowest BCUT2D eigenvalue weighted by atomic mass is 10.2. The van der Waals surface area contributed by atoms with Gasteiger partial charge in [0.2, 0.25) is 5.91 Å². The highest BCUT2D eigenvalue weighted by Gasteiger charge is 2.15. The van der Waals surface area contributed by atoms with Gasteiger partial charge in [0.1, 0.15) is 11.4 Å². The van der Waals surface area contributed by atoms with Crippen molar-refractivity contribution in [3.05, 3.63) is 39.6 Å². The summed E-state index contributed by atoms with van der Waals surface area (Å²) in [6.45, 7) is 0.998. The zero-order valence-corrected chi connectivity index (χ0v) is 14.0. The maximum absolute atomic E-state index is 12.7. The Morgan fingerprint density at radius 1 is 1.39 bits per heavy atom. The Balaban J connectivity index is 1.91. The summed E-state index contributed by atoms with van der Waals surface area (Å²) in [6, 6.07) is 3.92. The molecule has 0 unspecified atom stereocenters. The summed E-state index contributed by atoms with van der Waals surface area (Å²) >= 11 is 3.02. The number of nitrogens with two attached hydrogens (primary N) is 1. The van der Waals surface area contributed by atoms with Crippen LogP contribution in [0.5, 0.6) is 0 Å². The summed E-state index contributed by atoms with van der Waals surface area (Å²) in [6.07, 6.45) is 2.15. The van der Waals surface area contributed by atoms with Gasteiger partial charge in [-0.05, 0) is 24.4 Å². The molecule has 0 saturated carbocycles. The van der Waals surface area contributed by atoms with E-state index in [1.54, 1.807) is 11.3 Å². The first kappa shape index (κ1) is 15.9. The van der Waals surface area contributed by atoms with Crippen LogP contribution in [-0.2, 0) is 11.3 Å². The fraction of sp³-hybridized carbons (Fsp3) is 0.267. The minimum absolute atomic E-state index is 0.0356. The topological polar surface area (TPSA) is 90.0 Å². The molecule has 3 aromatic heterocycles. The minimum atomic E-state index is -0.213. The second kappa shape index (κ2) is 7.03. The van der Waals surface area contributed by atoms with Crippen LogP contribution in [0.25, 0.3) is 20.7 Å². The van der Waals surface area contributed by atoms with Gasteiger partial charge in [-0.2, -0.15) is 0 Å². The van der Waals surface area contributed by atoms with Crippen molar-refractivity contribution in [2.75, 3.05) is 13.1 Å². The zero-order chi connectivity index (χ0) is 16.2. The maximum atomic E-state index is 12.7. The van der Waals surface area contributed by atoms with Crippen molar-refractivity contribution in [2.45, 2.75) is 13.0 Å². The Morgan fingerprint density at radius 2 is 2.26 bits per heavy atom. The number of nitrogens with zero attached hydrogens (tertiary/aromatic N) is 2. The van der Waals surface area contributed by atoms with E-state index in [1.165, 1.54) is 22.2 Å². The molecule has 1 amide bonds. The maximum Gasteiger partial charge on any atom is 0.263 e. The molecule has 120 valence electrons. The largest absolute Gasteiger partial charge is 0.355 e. The van der Waals surface area contributed by atoms with Crippen molar-refractivity contribution < 1.29 is 4.79 Å². The molecule has 23 heavy (non-hydrogen) atoms. The summed E-state index contributed by atoms with van der Waals surface area (Å²) in [5.41, 5.74) is 6.09. The van der Waals surface area contributed by atoms with Gasteiger partial charge in [0.25, 0.3) is 5.56 Å². The molecule has 6 nitrogen and oxygen atoms in total. The molecule has 0 aliphatic rings. The van der Waals surface area contributed by atoms with Gasteiger partial charge in [0, 0.05) is 22.4 Å². The molecule has 0 saturated heterocycles. The van der Waals surface area contributed by atoms with Gasteiger partial charge < -0.3 is 11.1 Å². The lowest BCUT2D eigenvalue weighted by Crippen LogP contribution is -2.33. The van der Waals surface area contributed by atoms with Crippen LogP contribution in [-0.4, -0.2) is 28.5 Å². The number of hydrogen-bond acceptors (Lipinski definition) is 6. The summed E-state index contributed by atoms with van der Waals surface area (Å²) in [4.78, 5) is 30.6. The van der Waals surface area contributed by atoms with E-state index in [0.29, 0.717) is 29.7 Å². The van der Waals surface area contributed by atoms with Crippen molar-refractivity contribution in [3.63, 3.8) is 0 Å². The first-order valence-corrected chi connectivity index (χ1v) is 8.94. The Bertz CT molecular complexity index is 867. The third kappa shape index (κ3) is 3.34. The fourth-order valence-electron chi connectivity index (χ4n) is 2.23. The van der Waals surface area contributed by atoms with E-state index >= 15 is 0 Å². The molecule has 0 aliphatic heterocycles. The molecule has 0 aliphatic carbocycles. The Morgan fingerprint density at radius 3 is 3.00 bits per heavy atom. The Kier molecular flexibility index (Phi) is 4.85. The quantitative estimate of drug-likeness (QED) is 0.663. The average Bonchev–Trinajstić information content (AvgIpc) is 3.19. The standard InChI is InChI=1S/C15H16N4O2S2/c16-4-2-5-17-12(20)7-19-9-18-14-13(15(19)21)10(8-23-14)11-3-1-6-22-11/h1,3,6,8-9H,2,4-5,7,16H2,(H,17,20). The average molecular weight is 348 g/mol. The summed E-state index contributed by atoms with van der Waals surface area (Å²) < 4.78 is 1.35. The number of nitrogens with one attached hydrogen (secondary N) is 1. The van der Waals surface area contributed by atoms with Crippen LogP contribution in [0, 0.1) is 0 Å². The minimum Gasteiger partial charge on any atom is -0.355 e. The van der Waals surface area contributed by atoms with Crippen LogP contribution in [0.2, 0.25) is 0 Å². The predicted molar refractivity (Wildman–Crippen MR) is 93.9 cm³/mol. The van der Waals surface area contributed by atoms with E-state index in [9.17, 15) is 9.59 Å². The lowest BCUT2D eigenvalue weighted by Gasteiger charge is -2.07. The highest BCUT2D eigenvalue weighted by Crippen LogP contribution is 2.33. The smallest absolute Gasteiger partial charge is 0.263 e. The van der Waals surface area contributed by atoms with Gasteiger partial charge in [-0.25, -0.2) is 4.98 Å². The van der Waals surface area contributed by atoms with Crippen LogP contribution in [0.1, 0.15) is 6.42 Å². The molecule has 8 heteroatoms. The Hall–Kier alpha value is -2.03. The first-order valence-electron chi connectivity index (χ1n) is 7.18. The van der Waals surface area contributed by atoms with Crippen molar-refractivity contribution in [3.8, 4) is 10.4 Å². The second-order valence-electron chi connectivity index (χ2n) is 4.98. The van der Waals surface area contributed by atoms with E-state index in [1.807, 2.05) is 22.9 Å². The molecule has 3 heterocycles. The number of amides is 1. The highest BCUT2D eigenvalue weighted by atomic mass is 32.1. The van der Waals surface area contributed by atoms with Crippen LogP contribution in [0.15, 0.2) is 34.0 Å². The normalized spacial score (nSPS) is 11.0. The first-order chi connectivity index (χ1) is 11.2. The molecule has 3 aromatic rings. The number of fused-ring (bicyclic) bond motifs is 1. The van der Waals surface area contributed by atoms with E-state index in [2.05, 4.69) is 10.3 Å². The van der Waals surface area contributed by atoms with E-state index in [0.717, 1.165) is 10.4 Å². The van der Waals surface area contributed by atoms with Gasteiger partial charge in [0.05, 0.1) is 11.7 Å². The van der Waals surface area contributed by atoms with Gasteiger partial charge in [0.15, 0.2) is 0 Å². The third-order valence-electron chi connectivity index (χ3n) is 3.36. The van der Waals surface area contributed by atoms with E-state index < -0.39 is 0 Å². The number of hydrogen-bond donors (Lipinski definition) is 2. The Labute approximate surface area is 140 Å². The van der Waals surface area contributed by atoms with E-state index in [-0.39, 0.29) is 18.0 Å². The molecule has 0 bridgehead atoms. The number of rotatable bonds is 6. The molecule has 3 N–H and O–H groups in total. The molecule has 0 atom stereocenters. The summed E-state index contributed by atoms with van der Waals surface area (Å²) in [7, 11) is 0. The molecule has 0 aromatic carbocycles. The van der Waals surface area contributed by atoms with Crippen molar-refractivity contribution in [1.29, 1.82) is 0 Å². The third-order valence-corrected chi connectivity index (χ3v) is 5.15. The van der Waals surface area contributed by atoms with Crippen molar-refractivity contribution in [1.82, 2.24) is 14.9 Å². The number of carbonyl (C=O) groups excluding carboxylic acids is 1. The van der Waals surface area contributed by atoms with Gasteiger partial charge in [-0.15, -0.1) is 22.7 Å². The number of thiophene rings is 2. The van der Waals surface area contributed by atoms with Gasteiger partial charge >= 0.3 is 0 Å². The summed E-state index contributed by atoms with van der Waals surface area (Å²) in [5, 5.41) is 7.23. The molecule has 3 rings (SSSR count).